The van der Waals surface area contributed by atoms with E-state index in [0.717, 1.165) is 36.1 Å². The van der Waals surface area contributed by atoms with Crippen molar-refractivity contribution in [1.82, 2.24) is 15.5 Å². The van der Waals surface area contributed by atoms with Gasteiger partial charge in [-0.3, -0.25) is 4.79 Å². The van der Waals surface area contributed by atoms with Gasteiger partial charge in [-0.1, -0.05) is 23.7 Å². The van der Waals surface area contributed by atoms with Crippen molar-refractivity contribution in [2.24, 2.45) is 5.92 Å². The number of hydrogen-bond donors (Lipinski definition) is 1. The first-order valence-corrected chi connectivity index (χ1v) is 8.41. The van der Waals surface area contributed by atoms with Gasteiger partial charge in [0.15, 0.2) is 0 Å². The largest absolute Gasteiger partial charge is 0.496 e. The summed E-state index contributed by atoms with van der Waals surface area (Å²) in [4.78, 5) is 16.2. The molecule has 1 aromatic carbocycles. The van der Waals surface area contributed by atoms with Crippen LogP contribution in [0.25, 0.3) is 11.4 Å². The predicted octanol–water partition coefficient (Wildman–Crippen LogP) is 2.48. The normalized spacial score (nSPS) is 19.8. The standard InChI is InChI=1S/C18H23N3O4/c1-11-7-8-12(9-15(11)23-2)17-20-16(25-21-17)10-19-14-6-4-5-13(14)18(22)24-3/h7-9,13-14,19H,4-6,10H2,1-3H3. The maximum atomic E-state index is 11.8. The van der Waals surface area contributed by atoms with Crippen molar-refractivity contribution in [3.8, 4) is 17.1 Å². The Balaban J connectivity index is 1.65. The highest BCUT2D eigenvalue weighted by Crippen LogP contribution is 2.27. The molecule has 1 aliphatic carbocycles. The van der Waals surface area contributed by atoms with Crippen LogP contribution in [-0.4, -0.2) is 36.4 Å². The maximum absolute atomic E-state index is 11.8. The SMILES string of the molecule is COC(=O)C1CCCC1NCc1nc(-c2ccc(C)c(OC)c2)no1. The molecule has 0 amide bonds. The summed E-state index contributed by atoms with van der Waals surface area (Å²) < 4.78 is 15.5. The molecule has 25 heavy (non-hydrogen) atoms. The summed E-state index contributed by atoms with van der Waals surface area (Å²) in [5, 5.41) is 7.37. The molecule has 2 aromatic rings. The lowest BCUT2D eigenvalue weighted by molar-refractivity contribution is -0.145. The topological polar surface area (TPSA) is 86.5 Å². The molecule has 0 radical (unpaired) electrons. The van der Waals surface area contributed by atoms with Crippen LogP contribution in [0.4, 0.5) is 0 Å². The number of hydrogen-bond acceptors (Lipinski definition) is 7. The van der Waals surface area contributed by atoms with E-state index in [1.54, 1.807) is 7.11 Å². The number of carbonyl (C=O) groups excluding carboxylic acids is 1. The van der Waals surface area contributed by atoms with Crippen LogP contribution in [0.1, 0.15) is 30.7 Å². The number of esters is 1. The molecule has 1 aromatic heterocycles. The molecule has 1 saturated carbocycles. The van der Waals surface area contributed by atoms with E-state index in [1.165, 1.54) is 7.11 Å². The molecule has 134 valence electrons. The summed E-state index contributed by atoms with van der Waals surface area (Å²) in [6.45, 7) is 2.40. The number of methoxy groups -OCH3 is 2. The molecule has 1 heterocycles. The Labute approximate surface area is 146 Å². The molecule has 0 bridgehead atoms. The minimum atomic E-state index is -0.159. The van der Waals surface area contributed by atoms with Crippen molar-refractivity contribution in [3.63, 3.8) is 0 Å². The lowest BCUT2D eigenvalue weighted by Crippen LogP contribution is -2.36. The van der Waals surface area contributed by atoms with Gasteiger partial charge in [-0.05, 0) is 31.4 Å². The number of carbonyl (C=O) groups is 1. The van der Waals surface area contributed by atoms with Crippen LogP contribution in [0, 0.1) is 12.8 Å². The van der Waals surface area contributed by atoms with E-state index in [0.29, 0.717) is 18.3 Å². The quantitative estimate of drug-likeness (QED) is 0.805. The van der Waals surface area contributed by atoms with Gasteiger partial charge < -0.3 is 19.3 Å². The van der Waals surface area contributed by atoms with Gasteiger partial charge in [0.05, 0.1) is 26.7 Å². The number of benzene rings is 1. The second-order valence-electron chi connectivity index (χ2n) is 6.24. The highest BCUT2D eigenvalue weighted by Gasteiger charge is 2.33. The molecule has 0 saturated heterocycles. The zero-order valence-electron chi connectivity index (χ0n) is 14.7. The Morgan fingerprint density at radius 3 is 2.96 bits per heavy atom. The van der Waals surface area contributed by atoms with Gasteiger partial charge in [0.1, 0.15) is 5.75 Å². The number of ether oxygens (including phenoxy) is 2. The van der Waals surface area contributed by atoms with E-state index in [4.69, 9.17) is 14.0 Å². The lowest BCUT2D eigenvalue weighted by atomic mass is 10.0. The molecule has 1 N–H and O–H groups in total. The van der Waals surface area contributed by atoms with E-state index in [9.17, 15) is 4.79 Å². The number of nitrogens with zero attached hydrogens (tertiary/aromatic N) is 2. The molecular formula is C18H23N3O4. The van der Waals surface area contributed by atoms with Crippen LogP contribution in [0.2, 0.25) is 0 Å². The molecule has 0 spiro atoms. The zero-order chi connectivity index (χ0) is 17.8. The fourth-order valence-corrected chi connectivity index (χ4v) is 3.26. The molecule has 2 atom stereocenters. The summed E-state index contributed by atoms with van der Waals surface area (Å²) in [7, 11) is 3.06. The number of rotatable bonds is 6. The Kier molecular flexibility index (Phi) is 5.33. The highest BCUT2D eigenvalue weighted by atomic mass is 16.5. The van der Waals surface area contributed by atoms with Gasteiger partial charge in [-0.15, -0.1) is 0 Å². The molecule has 2 unspecified atom stereocenters. The first kappa shape index (κ1) is 17.4. The molecule has 0 aliphatic heterocycles. The molecule has 1 aliphatic rings. The highest BCUT2D eigenvalue weighted by molar-refractivity contribution is 5.73. The van der Waals surface area contributed by atoms with Crippen LogP contribution in [0.5, 0.6) is 5.75 Å². The van der Waals surface area contributed by atoms with Crippen molar-refractivity contribution in [3.05, 3.63) is 29.7 Å². The lowest BCUT2D eigenvalue weighted by Gasteiger charge is -2.17. The molecule has 3 rings (SSSR count). The van der Waals surface area contributed by atoms with Crippen molar-refractivity contribution < 1.29 is 18.8 Å². The van der Waals surface area contributed by atoms with Gasteiger partial charge in [-0.25, -0.2) is 0 Å². The van der Waals surface area contributed by atoms with Crippen LogP contribution in [-0.2, 0) is 16.1 Å². The van der Waals surface area contributed by atoms with E-state index in [2.05, 4.69) is 15.5 Å². The second-order valence-corrected chi connectivity index (χ2v) is 6.24. The monoisotopic (exact) mass is 345 g/mol. The smallest absolute Gasteiger partial charge is 0.310 e. The molecule has 7 nitrogen and oxygen atoms in total. The first-order valence-electron chi connectivity index (χ1n) is 8.41. The third-order valence-corrected chi connectivity index (χ3v) is 4.67. The Morgan fingerprint density at radius 1 is 1.36 bits per heavy atom. The summed E-state index contributed by atoms with van der Waals surface area (Å²) in [6.07, 6.45) is 2.80. The minimum Gasteiger partial charge on any atom is -0.496 e. The molecular weight excluding hydrogens is 322 g/mol. The van der Waals surface area contributed by atoms with Crippen LogP contribution >= 0.6 is 0 Å². The average molecular weight is 345 g/mol. The van der Waals surface area contributed by atoms with Crippen molar-refractivity contribution in [2.45, 2.75) is 38.8 Å². The zero-order valence-corrected chi connectivity index (χ0v) is 14.7. The number of aromatic nitrogens is 2. The third kappa shape index (κ3) is 3.82. The summed E-state index contributed by atoms with van der Waals surface area (Å²) in [5.74, 6) is 1.53. The van der Waals surface area contributed by atoms with E-state index in [-0.39, 0.29) is 17.9 Å². The van der Waals surface area contributed by atoms with E-state index < -0.39 is 0 Å². The van der Waals surface area contributed by atoms with Crippen LogP contribution < -0.4 is 10.1 Å². The summed E-state index contributed by atoms with van der Waals surface area (Å²) in [5.41, 5.74) is 1.89. The van der Waals surface area contributed by atoms with Gasteiger partial charge >= 0.3 is 5.97 Å². The van der Waals surface area contributed by atoms with Gasteiger partial charge in [0, 0.05) is 11.6 Å². The summed E-state index contributed by atoms with van der Waals surface area (Å²) in [6, 6.07) is 5.87. The summed E-state index contributed by atoms with van der Waals surface area (Å²) >= 11 is 0. The maximum Gasteiger partial charge on any atom is 0.310 e. The molecule has 7 heteroatoms. The van der Waals surface area contributed by atoms with Crippen LogP contribution in [0.15, 0.2) is 22.7 Å². The van der Waals surface area contributed by atoms with Crippen molar-refractivity contribution in [2.75, 3.05) is 14.2 Å². The van der Waals surface area contributed by atoms with Crippen molar-refractivity contribution >= 4 is 5.97 Å². The second kappa shape index (κ2) is 7.65. The Morgan fingerprint density at radius 2 is 2.20 bits per heavy atom. The number of nitrogens with one attached hydrogen (secondary N) is 1. The van der Waals surface area contributed by atoms with E-state index >= 15 is 0 Å². The van der Waals surface area contributed by atoms with Gasteiger partial charge in [0.2, 0.25) is 11.7 Å². The third-order valence-electron chi connectivity index (χ3n) is 4.67. The van der Waals surface area contributed by atoms with E-state index in [1.807, 2.05) is 25.1 Å². The van der Waals surface area contributed by atoms with Crippen molar-refractivity contribution in [1.29, 1.82) is 0 Å². The Hall–Kier alpha value is -2.41. The van der Waals surface area contributed by atoms with Gasteiger partial charge in [0.25, 0.3) is 0 Å². The predicted molar refractivity (Wildman–Crippen MR) is 91.0 cm³/mol. The first-order chi connectivity index (χ1) is 12.1. The minimum absolute atomic E-state index is 0.0854. The van der Waals surface area contributed by atoms with Crippen LogP contribution in [0.3, 0.4) is 0 Å². The molecule has 1 fully saturated rings. The number of aryl methyl sites for hydroxylation is 1. The average Bonchev–Trinajstić information content (AvgIpc) is 3.29. The fraction of sp³-hybridized carbons (Fsp3) is 0.500. The Bertz CT molecular complexity index is 744. The fourth-order valence-electron chi connectivity index (χ4n) is 3.26. The van der Waals surface area contributed by atoms with Gasteiger partial charge in [-0.2, -0.15) is 4.98 Å².